The first-order chi connectivity index (χ1) is 9.26. The molecule has 0 spiro atoms. The Balaban J connectivity index is 4.13. The molecule has 0 saturated carbocycles. The number of halogens is 3. The van der Waals surface area contributed by atoms with E-state index in [1.165, 1.54) is 11.8 Å². The van der Waals surface area contributed by atoms with Crippen LogP contribution in [0.2, 0.25) is 0 Å². The molecule has 0 heterocycles. The smallest absolute Gasteiger partial charge is 0.389 e. The van der Waals surface area contributed by atoms with E-state index in [0.29, 0.717) is 12.2 Å². The van der Waals surface area contributed by atoms with Crippen molar-refractivity contribution in [2.75, 3.05) is 5.75 Å². The van der Waals surface area contributed by atoms with Crippen molar-refractivity contribution in [3.05, 3.63) is 0 Å². The Kier molecular flexibility index (Phi) is 10.2. The molecule has 2 nitrogen and oxygen atoms in total. The third-order valence-electron chi connectivity index (χ3n) is 2.61. The summed E-state index contributed by atoms with van der Waals surface area (Å²) in [7, 11) is 0. The molecular formula is C14H25F3O2S. The normalized spacial score (nSPS) is 13.6. The van der Waals surface area contributed by atoms with E-state index in [1.54, 1.807) is 13.8 Å². The Bertz CT molecular complexity index is 268. The predicted molar refractivity (Wildman–Crippen MR) is 76.9 cm³/mol. The lowest BCUT2D eigenvalue weighted by atomic mass is 10.1. The van der Waals surface area contributed by atoms with Crippen LogP contribution in [0, 0.1) is 0 Å². The van der Waals surface area contributed by atoms with Gasteiger partial charge in [-0.25, -0.2) is 0 Å². The van der Waals surface area contributed by atoms with E-state index in [1.807, 2.05) is 0 Å². The summed E-state index contributed by atoms with van der Waals surface area (Å²) in [5.41, 5.74) is 0. The highest BCUT2D eigenvalue weighted by Gasteiger charge is 2.27. The van der Waals surface area contributed by atoms with Crippen LogP contribution in [0.15, 0.2) is 0 Å². The monoisotopic (exact) mass is 314 g/mol. The topological polar surface area (TPSA) is 26.3 Å². The van der Waals surface area contributed by atoms with Crippen molar-refractivity contribution in [2.45, 2.75) is 76.8 Å². The van der Waals surface area contributed by atoms with Crippen LogP contribution in [0.4, 0.5) is 13.2 Å². The Morgan fingerprint density at radius 3 is 2.35 bits per heavy atom. The van der Waals surface area contributed by atoms with E-state index in [0.717, 1.165) is 19.3 Å². The van der Waals surface area contributed by atoms with Gasteiger partial charge in [0.15, 0.2) is 0 Å². The fourth-order valence-corrected chi connectivity index (χ4v) is 2.78. The number of esters is 1. The molecule has 1 unspecified atom stereocenters. The molecule has 0 rings (SSSR count). The molecule has 0 N–H and O–H groups in total. The molecule has 20 heavy (non-hydrogen) atoms. The lowest BCUT2D eigenvalue weighted by Gasteiger charge is -2.17. The van der Waals surface area contributed by atoms with Crippen LogP contribution in [-0.2, 0) is 9.53 Å². The summed E-state index contributed by atoms with van der Waals surface area (Å²) in [5.74, 6) is 0.0388. The average molecular weight is 314 g/mol. The van der Waals surface area contributed by atoms with Gasteiger partial charge < -0.3 is 4.74 Å². The van der Waals surface area contributed by atoms with E-state index in [4.69, 9.17) is 4.74 Å². The van der Waals surface area contributed by atoms with Gasteiger partial charge in [-0.3, -0.25) is 4.79 Å². The number of rotatable bonds is 10. The summed E-state index contributed by atoms with van der Waals surface area (Å²) in [6, 6.07) is 0. The summed E-state index contributed by atoms with van der Waals surface area (Å²) < 4.78 is 41.3. The second-order valence-electron chi connectivity index (χ2n) is 5.06. The molecule has 0 fully saturated rings. The number of carbonyl (C=O) groups is 1. The van der Waals surface area contributed by atoms with Gasteiger partial charge in [-0.2, -0.15) is 13.2 Å². The van der Waals surface area contributed by atoms with Gasteiger partial charge >= 0.3 is 12.1 Å². The third-order valence-corrected chi connectivity index (χ3v) is 3.96. The van der Waals surface area contributed by atoms with Crippen molar-refractivity contribution in [3.63, 3.8) is 0 Å². The van der Waals surface area contributed by atoms with Gasteiger partial charge in [-0.05, 0) is 32.4 Å². The first-order valence-corrected chi connectivity index (χ1v) is 8.20. The van der Waals surface area contributed by atoms with Crippen molar-refractivity contribution in [2.24, 2.45) is 0 Å². The Morgan fingerprint density at radius 2 is 1.85 bits per heavy atom. The highest BCUT2D eigenvalue weighted by molar-refractivity contribution is 8.00. The van der Waals surface area contributed by atoms with Crippen molar-refractivity contribution >= 4 is 17.7 Å². The summed E-state index contributed by atoms with van der Waals surface area (Å²) >= 11 is 1.29. The van der Waals surface area contributed by atoms with Crippen molar-refractivity contribution in [3.8, 4) is 0 Å². The predicted octanol–water partition coefficient (Wildman–Crippen LogP) is 4.96. The minimum Gasteiger partial charge on any atom is -0.462 e. The molecule has 6 heteroatoms. The number of unbranched alkanes of at least 4 members (excludes halogenated alkanes) is 2. The van der Waals surface area contributed by atoms with Gasteiger partial charge in [0, 0.05) is 6.42 Å². The second-order valence-corrected chi connectivity index (χ2v) is 6.37. The molecule has 0 amide bonds. The summed E-state index contributed by atoms with van der Waals surface area (Å²) in [6.07, 6.45) is -1.40. The standard InChI is InChI=1S/C14H25F3O2S/c1-4-5-6-8-12(13(18)19-11(2)3)20-10-7-9-14(15,16)17/h11-12H,4-10H2,1-3H3. The minimum absolute atomic E-state index is 0.0490. The molecule has 0 aliphatic carbocycles. The van der Waals surface area contributed by atoms with Crippen molar-refractivity contribution < 1.29 is 22.7 Å². The first kappa shape index (κ1) is 19.6. The largest absolute Gasteiger partial charge is 0.462 e. The molecule has 0 bridgehead atoms. The van der Waals surface area contributed by atoms with Crippen LogP contribution in [0.25, 0.3) is 0 Å². The Morgan fingerprint density at radius 1 is 1.20 bits per heavy atom. The molecule has 0 aromatic rings. The highest BCUT2D eigenvalue weighted by Crippen LogP contribution is 2.26. The van der Waals surface area contributed by atoms with Crippen LogP contribution in [0.5, 0.6) is 0 Å². The number of carbonyl (C=O) groups excluding carboxylic acids is 1. The zero-order valence-corrected chi connectivity index (χ0v) is 13.3. The van der Waals surface area contributed by atoms with E-state index < -0.39 is 12.6 Å². The van der Waals surface area contributed by atoms with Gasteiger partial charge in [0.05, 0.1) is 6.10 Å². The van der Waals surface area contributed by atoms with Gasteiger partial charge in [0.2, 0.25) is 0 Å². The molecule has 0 saturated heterocycles. The lowest BCUT2D eigenvalue weighted by molar-refractivity contribution is -0.146. The van der Waals surface area contributed by atoms with Crippen LogP contribution in [-0.4, -0.2) is 29.3 Å². The quantitative estimate of drug-likeness (QED) is 0.421. The molecule has 0 aliphatic heterocycles. The van der Waals surface area contributed by atoms with E-state index in [-0.39, 0.29) is 23.7 Å². The van der Waals surface area contributed by atoms with Crippen molar-refractivity contribution in [1.29, 1.82) is 0 Å². The second kappa shape index (κ2) is 10.4. The Labute approximate surface area is 123 Å². The van der Waals surface area contributed by atoms with E-state index >= 15 is 0 Å². The summed E-state index contributed by atoms with van der Waals surface area (Å²) in [5, 5.41) is -0.336. The number of hydrogen-bond donors (Lipinski definition) is 0. The number of hydrogen-bond acceptors (Lipinski definition) is 3. The van der Waals surface area contributed by atoms with Gasteiger partial charge in [0.1, 0.15) is 5.25 Å². The summed E-state index contributed by atoms with van der Waals surface area (Å²) in [6.45, 7) is 5.61. The maximum Gasteiger partial charge on any atom is 0.389 e. The molecule has 120 valence electrons. The minimum atomic E-state index is -4.11. The molecule has 0 aliphatic rings. The van der Waals surface area contributed by atoms with Crippen LogP contribution < -0.4 is 0 Å². The van der Waals surface area contributed by atoms with Crippen LogP contribution in [0.1, 0.15) is 59.3 Å². The zero-order chi connectivity index (χ0) is 15.6. The fraction of sp³-hybridized carbons (Fsp3) is 0.929. The summed E-state index contributed by atoms with van der Waals surface area (Å²) in [4.78, 5) is 11.9. The van der Waals surface area contributed by atoms with Gasteiger partial charge in [-0.15, -0.1) is 11.8 Å². The first-order valence-electron chi connectivity index (χ1n) is 7.15. The molecule has 0 aromatic carbocycles. The Hall–Kier alpha value is -0.390. The maximum atomic E-state index is 12.1. The molecule has 0 radical (unpaired) electrons. The van der Waals surface area contributed by atoms with E-state index in [9.17, 15) is 18.0 Å². The third kappa shape index (κ3) is 11.4. The van der Waals surface area contributed by atoms with E-state index in [2.05, 4.69) is 6.92 Å². The average Bonchev–Trinajstić information content (AvgIpc) is 2.30. The maximum absolute atomic E-state index is 12.1. The highest BCUT2D eigenvalue weighted by atomic mass is 32.2. The van der Waals surface area contributed by atoms with Crippen LogP contribution in [0.3, 0.4) is 0 Å². The molecule has 1 atom stereocenters. The fourth-order valence-electron chi connectivity index (χ4n) is 1.66. The van der Waals surface area contributed by atoms with Crippen LogP contribution >= 0.6 is 11.8 Å². The van der Waals surface area contributed by atoms with Gasteiger partial charge in [-0.1, -0.05) is 26.2 Å². The zero-order valence-electron chi connectivity index (χ0n) is 12.5. The van der Waals surface area contributed by atoms with Gasteiger partial charge in [0.25, 0.3) is 0 Å². The van der Waals surface area contributed by atoms with Crippen molar-refractivity contribution in [1.82, 2.24) is 0 Å². The SMILES string of the molecule is CCCCCC(SCCCC(F)(F)F)C(=O)OC(C)C. The number of thioether (sulfide) groups is 1. The number of alkyl halides is 3. The lowest BCUT2D eigenvalue weighted by Crippen LogP contribution is -2.24. The number of ether oxygens (including phenoxy) is 1. The molecule has 0 aromatic heterocycles. The molecular weight excluding hydrogens is 289 g/mol.